The van der Waals surface area contributed by atoms with Crippen molar-refractivity contribution in [2.45, 2.75) is 20.8 Å². The number of nitrogens with zero attached hydrogens (tertiary/aromatic N) is 3. The van der Waals surface area contributed by atoms with Gasteiger partial charge in [-0.1, -0.05) is 12.1 Å². The van der Waals surface area contributed by atoms with Gasteiger partial charge < -0.3 is 4.57 Å². The van der Waals surface area contributed by atoms with E-state index in [1.165, 1.54) is 30.0 Å². The maximum atomic E-state index is 14.4. The third-order valence-electron chi connectivity index (χ3n) is 5.11. The minimum Gasteiger partial charge on any atom is -0.315 e. The quantitative estimate of drug-likeness (QED) is 0.470. The van der Waals surface area contributed by atoms with E-state index in [1.54, 1.807) is 35.2 Å². The summed E-state index contributed by atoms with van der Waals surface area (Å²) in [7, 11) is 0. The van der Waals surface area contributed by atoms with Crippen molar-refractivity contribution in [2.24, 2.45) is 4.99 Å². The van der Waals surface area contributed by atoms with Gasteiger partial charge in [-0.3, -0.25) is 9.69 Å². The second-order valence-corrected chi connectivity index (χ2v) is 8.15. The lowest BCUT2D eigenvalue weighted by atomic mass is 10.2. The molecule has 0 N–H and O–H groups in total. The van der Waals surface area contributed by atoms with Gasteiger partial charge in [0.1, 0.15) is 11.6 Å². The predicted molar refractivity (Wildman–Crippen MR) is 122 cm³/mol. The topological polar surface area (TPSA) is 37.6 Å². The average Bonchev–Trinajstić information content (AvgIpc) is 3.19. The van der Waals surface area contributed by atoms with E-state index in [0.717, 1.165) is 17.0 Å². The van der Waals surface area contributed by atoms with Crippen LogP contribution in [0.3, 0.4) is 0 Å². The highest BCUT2D eigenvalue weighted by Gasteiger charge is 2.32. The molecular weight excluding hydrogens is 416 g/mol. The summed E-state index contributed by atoms with van der Waals surface area (Å²) in [6.07, 6.45) is 1.82. The van der Waals surface area contributed by atoms with Crippen LogP contribution in [0.15, 0.2) is 64.5 Å². The van der Waals surface area contributed by atoms with Crippen LogP contribution in [0.25, 0.3) is 11.8 Å². The number of benzene rings is 2. The Bertz CT molecular complexity index is 1210. The van der Waals surface area contributed by atoms with Crippen LogP contribution in [-0.2, 0) is 4.79 Å². The molecule has 0 saturated carbocycles. The van der Waals surface area contributed by atoms with Crippen molar-refractivity contribution in [3.8, 4) is 5.69 Å². The zero-order valence-electron chi connectivity index (χ0n) is 17.4. The van der Waals surface area contributed by atoms with Gasteiger partial charge in [-0.2, -0.15) is 0 Å². The molecule has 0 radical (unpaired) electrons. The Hall–Kier alpha value is -3.19. The van der Waals surface area contributed by atoms with E-state index in [-0.39, 0.29) is 17.5 Å². The molecule has 31 heavy (non-hydrogen) atoms. The van der Waals surface area contributed by atoms with Crippen molar-refractivity contribution in [3.05, 3.63) is 88.1 Å². The zero-order valence-corrected chi connectivity index (χ0v) is 18.2. The van der Waals surface area contributed by atoms with Crippen LogP contribution in [-0.4, -0.2) is 27.1 Å². The number of amides is 1. The second kappa shape index (κ2) is 8.51. The van der Waals surface area contributed by atoms with E-state index in [9.17, 15) is 13.6 Å². The first-order chi connectivity index (χ1) is 14.9. The number of thioether (sulfide) groups is 1. The van der Waals surface area contributed by atoms with Crippen molar-refractivity contribution in [1.82, 2.24) is 9.47 Å². The van der Waals surface area contributed by atoms with Crippen LogP contribution in [0.1, 0.15) is 23.9 Å². The molecule has 4 rings (SSSR count). The summed E-state index contributed by atoms with van der Waals surface area (Å²) >= 11 is 1.28. The summed E-state index contributed by atoms with van der Waals surface area (Å²) in [5.74, 6) is -0.776. The number of halogens is 2. The fourth-order valence-corrected chi connectivity index (χ4v) is 4.63. The van der Waals surface area contributed by atoms with Crippen molar-refractivity contribution in [2.75, 3.05) is 6.54 Å². The van der Waals surface area contributed by atoms with Gasteiger partial charge in [0, 0.05) is 17.9 Å². The standard InChI is InChI=1S/C24H21F2N3OS/c1-4-28-23(30)22(31-24(28)27-19-11-9-18(25)10-12-19)14-17-13-15(2)29(16(17)3)21-8-6-5-7-20(21)26/h5-14H,4H2,1-3H3/b22-14+,27-24?. The molecule has 1 amide bonds. The van der Waals surface area contributed by atoms with Crippen LogP contribution in [0.5, 0.6) is 0 Å². The van der Waals surface area contributed by atoms with Gasteiger partial charge in [-0.05, 0) is 86.6 Å². The molecule has 4 nitrogen and oxygen atoms in total. The number of aliphatic imine (C=N–C) groups is 1. The maximum Gasteiger partial charge on any atom is 0.266 e. The van der Waals surface area contributed by atoms with Crippen molar-refractivity contribution in [3.63, 3.8) is 0 Å². The van der Waals surface area contributed by atoms with E-state index in [2.05, 4.69) is 4.99 Å². The Labute approximate surface area is 183 Å². The summed E-state index contributed by atoms with van der Waals surface area (Å²) in [5.41, 5.74) is 3.61. The monoisotopic (exact) mass is 437 g/mol. The lowest BCUT2D eigenvalue weighted by molar-refractivity contribution is -0.122. The second-order valence-electron chi connectivity index (χ2n) is 7.14. The van der Waals surface area contributed by atoms with E-state index in [1.807, 2.05) is 37.5 Å². The SMILES string of the molecule is CCN1C(=O)/C(=C\c2cc(C)n(-c3ccccc3F)c2C)SC1=Nc1ccc(F)cc1. The van der Waals surface area contributed by atoms with E-state index in [0.29, 0.717) is 28.0 Å². The molecule has 1 fully saturated rings. The summed E-state index contributed by atoms with van der Waals surface area (Å²) in [4.78, 5) is 19.6. The summed E-state index contributed by atoms with van der Waals surface area (Å²) < 4.78 is 29.4. The number of aromatic nitrogens is 1. The fraction of sp³-hybridized carbons (Fsp3) is 0.167. The Balaban J connectivity index is 1.71. The first-order valence-electron chi connectivity index (χ1n) is 9.88. The van der Waals surface area contributed by atoms with Gasteiger partial charge in [0.05, 0.1) is 16.3 Å². The van der Waals surface area contributed by atoms with Crippen LogP contribution < -0.4 is 0 Å². The molecule has 1 aromatic heterocycles. The van der Waals surface area contributed by atoms with E-state index < -0.39 is 0 Å². The Morgan fingerprint density at radius 1 is 1.06 bits per heavy atom. The van der Waals surface area contributed by atoms with Crippen LogP contribution in [0.2, 0.25) is 0 Å². The Morgan fingerprint density at radius 2 is 1.77 bits per heavy atom. The van der Waals surface area contributed by atoms with E-state index in [4.69, 9.17) is 0 Å². The first-order valence-corrected chi connectivity index (χ1v) is 10.7. The number of rotatable bonds is 4. The number of carbonyl (C=O) groups is 1. The molecule has 2 heterocycles. The molecular formula is C24H21F2N3OS. The van der Waals surface area contributed by atoms with Gasteiger partial charge in [0.15, 0.2) is 5.17 Å². The van der Waals surface area contributed by atoms with Gasteiger partial charge in [0.2, 0.25) is 0 Å². The number of carbonyl (C=O) groups excluding carboxylic acids is 1. The molecule has 0 atom stereocenters. The molecule has 0 spiro atoms. The van der Waals surface area contributed by atoms with Gasteiger partial charge in [-0.15, -0.1) is 0 Å². The number of likely N-dealkylation sites (N-methyl/N-ethyl adjacent to an activating group) is 1. The molecule has 3 aromatic rings. The largest absolute Gasteiger partial charge is 0.315 e. The fourth-order valence-electron chi connectivity index (χ4n) is 3.58. The maximum absolute atomic E-state index is 14.4. The molecule has 1 aliphatic rings. The predicted octanol–water partition coefficient (Wildman–Crippen LogP) is 6.00. The highest BCUT2D eigenvalue weighted by Crippen LogP contribution is 2.35. The number of aryl methyl sites for hydroxylation is 1. The molecule has 0 aliphatic carbocycles. The lowest BCUT2D eigenvalue weighted by Crippen LogP contribution is -2.28. The molecule has 1 aliphatic heterocycles. The summed E-state index contributed by atoms with van der Waals surface area (Å²) in [6.45, 7) is 6.16. The lowest BCUT2D eigenvalue weighted by Gasteiger charge is -2.12. The van der Waals surface area contributed by atoms with Crippen LogP contribution >= 0.6 is 11.8 Å². The van der Waals surface area contributed by atoms with Gasteiger partial charge >= 0.3 is 0 Å². The third-order valence-corrected chi connectivity index (χ3v) is 6.11. The number of hydrogen-bond donors (Lipinski definition) is 0. The molecule has 2 aromatic carbocycles. The molecule has 7 heteroatoms. The van der Waals surface area contributed by atoms with Crippen molar-refractivity contribution < 1.29 is 13.6 Å². The summed E-state index contributed by atoms with van der Waals surface area (Å²) in [5, 5.41) is 0.549. The van der Waals surface area contributed by atoms with Crippen LogP contribution in [0.4, 0.5) is 14.5 Å². The van der Waals surface area contributed by atoms with Crippen LogP contribution in [0, 0.1) is 25.5 Å². The average molecular weight is 438 g/mol. The Morgan fingerprint density at radius 3 is 2.45 bits per heavy atom. The summed E-state index contributed by atoms with van der Waals surface area (Å²) in [6, 6.07) is 14.4. The number of amidine groups is 1. The first kappa shape index (κ1) is 21.1. The van der Waals surface area contributed by atoms with Gasteiger partial charge in [-0.25, -0.2) is 13.8 Å². The zero-order chi connectivity index (χ0) is 22.1. The molecule has 158 valence electrons. The molecule has 0 bridgehead atoms. The minimum atomic E-state index is -0.336. The number of hydrogen-bond acceptors (Lipinski definition) is 3. The molecule has 0 unspecified atom stereocenters. The van der Waals surface area contributed by atoms with Crippen molar-refractivity contribution in [1.29, 1.82) is 0 Å². The molecule has 1 saturated heterocycles. The van der Waals surface area contributed by atoms with Gasteiger partial charge in [0.25, 0.3) is 5.91 Å². The highest BCUT2D eigenvalue weighted by molar-refractivity contribution is 8.18. The van der Waals surface area contributed by atoms with E-state index >= 15 is 0 Å². The third kappa shape index (κ3) is 4.05. The Kier molecular flexibility index (Phi) is 5.78. The minimum absolute atomic E-state index is 0.135. The number of para-hydroxylation sites is 1. The smallest absolute Gasteiger partial charge is 0.266 e. The normalized spacial score (nSPS) is 16.7. The van der Waals surface area contributed by atoms with Crippen molar-refractivity contribution >= 4 is 34.6 Å². The highest BCUT2D eigenvalue weighted by atomic mass is 32.2.